The van der Waals surface area contributed by atoms with Gasteiger partial charge in [-0.3, -0.25) is 4.79 Å². The van der Waals surface area contributed by atoms with Gasteiger partial charge in [-0.2, -0.15) is 0 Å². The van der Waals surface area contributed by atoms with Crippen LogP contribution in [0.4, 0.5) is 0 Å². The van der Waals surface area contributed by atoms with E-state index < -0.39 is 20.9 Å². The average molecular weight is 210 g/mol. The summed E-state index contributed by atoms with van der Waals surface area (Å²) in [5.41, 5.74) is 0. The lowest BCUT2D eigenvalue weighted by Crippen LogP contribution is -2.48. The van der Waals surface area contributed by atoms with Crippen LogP contribution in [0, 0.1) is 0 Å². The normalized spacial score (nSPS) is 11.3. The highest BCUT2D eigenvalue weighted by atomic mass is 32.2. The van der Waals surface area contributed by atoms with Crippen molar-refractivity contribution in [1.82, 2.24) is 11.5 Å². The highest BCUT2D eigenvalue weighted by Crippen LogP contribution is 2.09. The van der Waals surface area contributed by atoms with Gasteiger partial charge in [-0.1, -0.05) is 6.58 Å². The van der Waals surface area contributed by atoms with Crippen LogP contribution in [-0.4, -0.2) is 23.7 Å². The van der Waals surface area contributed by atoms with Gasteiger partial charge in [0.1, 0.15) is 15.0 Å². The third-order valence-electron chi connectivity index (χ3n) is 1.23. The molecule has 6 nitrogen and oxygen atoms in total. The van der Waals surface area contributed by atoms with Gasteiger partial charge in [0.2, 0.25) is 5.91 Å². The van der Waals surface area contributed by atoms with Crippen LogP contribution >= 0.6 is 0 Å². The summed E-state index contributed by atoms with van der Waals surface area (Å²) < 4.78 is 31.5. The van der Waals surface area contributed by atoms with Crippen LogP contribution in [0.15, 0.2) is 12.7 Å². The third kappa shape index (κ3) is 4.02. The first-order chi connectivity index (χ1) is 5.20. The molecule has 0 aliphatic carbocycles. The second-order valence-electron chi connectivity index (χ2n) is 2.66. The molecule has 0 aliphatic rings. The van der Waals surface area contributed by atoms with Crippen molar-refractivity contribution in [3.63, 3.8) is 0 Å². The number of quaternary nitrogens is 1. The zero-order valence-corrected chi connectivity index (χ0v) is 8.64. The smallest absolute Gasteiger partial charge is 0.244 e. The Hall–Kier alpha value is -0.920. The molecule has 0 spiro atoms. The topological polar surface area (TPSA) is 123 Å². The monoisotopic (exact) mass is 210 g/mol. The predicted molar refractivity (Wildman–Crippen MR) is 48.1 cm³/mol. The molecule has 13 heavy (non-hydrogen) atoms. The van der Waals surface area contributed by atoms with Gasteiger partial charge in [0.05, 0.1) is 0 Å². The van der Waals surface area contributed by atoms with Crippen molar-refractivity contribution in [3.05, 3.63) is 12.7 Å². The Morgan fingerprint density at radius 2 is 1.92 bits per heavy atom. The molecule has 0 unspecified atom stereocenters. The molecule has 0 heterocycles. The summed E-state index contributed by atoms with van der Waals surface area (Å²) in [6, 6.07) is 0. The maximum absolute atomic E-state index is 10.6. The van der Waals surface area contributed by atoms with Gasteiger partial charge in [-0.05, 0) is 19.9 Å². The first-order valence-corrected chi connectivity index (χ1v) is 4.51. The lowest BCUT2D eigenvalue weighted by Gasteiger charge is -2.28. The standard InChI is InChI=1S/C6H11NO4S.H3N/c1-4-5(8)7-6(2,3)12(9,10)11;/h4H,1H2,2-3H3,(H,7,8)(H,9,10,11);1H3. The van der Waals surface area contributed by atoms with Gasteiger partial charge in [0, 0.05) is 0 Å². The second-order valence-corrected chi connectivity index (χ2v) is 4.59. The van der Waals surface area contributed by atoms with E-state index in [-0.39, 0.29) is 6.15 Å². The number of carbonyl (C=O) groups excluding carboxylic acids is 1. The second kappa shape index (κ2) is 4.35. The van der Waals surface area contributed by atoms with E-state index in [0.717, 1.165) is 19.9 Å². The molecule has 0 saturated heterocycles. The number of hydrogen-bond donors (Lipinski definition) is 2. The van der Waals surface area contributed by atoms with Crippen molar-refractivity contribution >= 4 is 16.0 Å². The van der Waals surface area contributed by atoms with Crippen molar-refractivity contribution in [2.75, 3.05) is 0 Å². The quantitative estimate of drug-likeness (QED) is 0.500. The fourth-order valence-electron chi connectivity index (χ4n) is 0.410. The van der Waals surface area contributed by atoms with Crippen LogP contribution in [0.1, 0.15) is 13.8 Å². The number of carbonyl (C=O) groups is 1. The minimum absolute atomic E-state index is 0. The molecule has 0 atom stereocenters. The summed E-state index contributed by atoms with van der Waals surface area (Å²) in [5.74, 6) is -0.695. The first kappa shape index (κ1) is 14.6. The molecule has 0 radical (unpaired) electrons. The van der Waals surface area contributed by atoms with Crippen LogP contribution in [0.2, 0.25) is 0 Å². The molecule has 5 N–H and O–H groups in total. The van der Waals surface area contributed by atoms with Crippen molar-refractivity contribution in [2.24, 2.45) is 0 Å². The SMILES string of the molecule is C=CC(=O)NC(C)(C)S(=O)(=O)[O-].[NH4+]. The lowest BCUT2D eigenvalue weighted by molar-refractivity contribution is -0.117. The molecule has 0 bridgehead atoms. The molecule has 0 rings (SSSR count). The maximum atomic E-state index is 10.6. The summed E-state index contributed by atoms with van der Waals surface area (Å²) in [4.78, 5) is 8.85. The van der Waals surface area contributed by atoms with Crippen LogP contribution in [0.3, 0.4) is 0 Å². The Morgan fingerprint density at radius 1 is 1.54 bits per heavy atom. The minimum Gasteiger partial charge on any atom is -0.746 e. The molecule has 0 aromatic heterocycles. The first-order valence-electron chi connectivity index (χ1n) is 3.11. The number of nitrogens with one attached hydrogen (secondary N) is 1. The number of rotatable bonds is 3. The molecule has 0 aromatic rings. The van der Waals surface area contributed by atoms with Crippen LogP contribution in [-0.2, 0) is 14.9 Å². The summed E-state index contributed by atoms with van der Waals surface area (Å²) in [5, 5.41) is 1.99. The molecular formula is C6H14N2O4S. The Kier molecular flexibility index (Phi) is 4.89. The lowest BCUT2D eigenvalue weighted by atomic mass is 10.4. The van der Waals surface area contributed by atoms with E-state index in [1.165, 1.54) is 0 Å². The Balaban J connectivity index is 0. The van der Waals surface area contributed by atoms with Crippen molar-refractivity contribution in [1.29, 1.82) is 0 Å². The average Bonchev–Trinajstić information content (AvgIpc) is 1.84. The molecule has 0 saturated carbocycles. The largest absolute Gasteiger partial charge is 0.746 e. The Morgan fingerprint density at radius 3 is 2.15 bits per heavy atom. The van der Waals surface area contributed by atoms with Crippen molar-refractivity contribution in [3.8, 4) is 0 Å². The minimum atomic E-state index is -4.54. The van der Waals surface area contributed by atoms with E-state index in [1.54, 1.807) is 0 Å². The van der Waals surface area contributed by atoms with E-state index in [4.69, 9.17) is 0 Å². The van der Waals surface area contributed by atoms with Crippen molar-refractivity contribution in [2.45, 2.75) is 18.7 Å². The molecule has 0 fully saturated rings. The molecule has 7 heteroatoms. The van der Waals surface area contributed by atoms with Crippen LogP contribution in [0.5, 0.6) is 0 Å². The van der Waals surface area contributed by atoms with Gasteiger partial charge in [0.25, 0.3) is 0 Å². The van der Waals surface area contributed by atoms with Gasteiger partial charge < -0.3 is 16.0 Å². The number of amides is 1. The maximum Gasteiger partial charge on any atom is 0.244 e. The zero-order chi connectivity index (χ0) is 9.99. The van der Waals surface area contributed by atoms with E-state index in [2.05, 4.69) is 6.58 Å². The molecule has 0 aromatic carbocycles. The molecular weight excluding hydrogens is 196 g/mol. The summed E-state index contributed by atoms with van der Waals surface area (Å²) in [7, 11) is -4.54. The zero-order valence-electron chi connectivity index (χ0n) is 7.83. The van der Waals surface area contributed by atoms with E-state index >= 15 is 0 Å². The van der Waals surface area contributed by atoms with Gasteiger partial charge in [-0.25, -0.2) is 8.42 Å². The fraction of sp³-hybridized carbons (Fsp3) is 0.500. The summed E-state index contributed by atoms with van der Waals surface area (Å²) in [6.07, 6.45) is 0.896. The van der Waals surface area contributed by atoms with Gasteiger partial charge in [0.15, 0.2) is 0 Å². The van der Waals surface area contributed by atoms with Gasteiger partial charge in [-0.15, -0.1) is 0 Å². The molecule has 78 valence electrons. The third-order valence-corrected chi connectivity index (χ3v) is 2.59. The summed E-state index contributed by atoms with van der Waals surface area (Å²) >= 11 is 0. The highest BCUT2D eigenvalue weighted by Gasteiger charge is 2.26. The Bertz CT molecular complexity index is 294. The fourth-order valence-corrected chi connectivity index (χ4v) is 0.636. The predicted octanol–water partition coefficient (Wildman–Crippen LogP) is -0.0539. The van der Waals surface area contributed by atoms with Crippen LogP contribution < -0.4 is 11.5 Å². The highest BCUT2D eigenvalue weighted by molar-refractivity contribution is 7.87. The van der Waals surface area contributed by atoms with Crippen molar-refractivity contribution < 1.29 is 17.8 Å². The van der Waals surface area contributed by atoms with Crippen LogP contribution in [0.25, 0.3) is 0 Å². The van der Waals surface area contributed by atoms with E-state index in [0.29, 0.717) is 0 Å². The van der Waals surface area contributed by atoms with Gasteiger partial charge >= 0.3 is 0 Å². The summed E-state index contributed by atoms with van der Waals surface area (Å²) in [6.45, 7) is 5.33. The van der Waals surface area contributed by atoms with E-state index in [9.17, 15) is 17.8 Å². The Labute approximate surface area is 77.4 Å². The molecule has 1 amide bonds. The van der Waals surface area contributed by atoms with E-state index in [1.807, 2.05) is 5.32 Å². The molecule has 0 aliphatic heterocycles. The number of hydrogen-bond acceptors (Lipinski definition) is 4.